The van der Waals surface area contributed by atoms with Gasteiger partial charge in [-0.25, -0.2) is 8.78 Å². The van der Waals surface area contributed by atoms with Gasteiger partial charge < -0.3 is 15.8 Å². The van der Waals surface area contributed by atoms with E-state index in [1.165, 1.54) is 6.07 Å². The SMILES string of the molecule is Cc1ccc(NC(=O)C(C)C(C)N)cc1OCC(F)F.Cl. The second-order valence-corrected chi connectivity index (χ2v) is 4.82. The maximum Gasteiger partial charge on any atom is 0.272 e. The van der Waals surface area contributed by atoms with Gasteiger partial charge in [0.25, 0.3) is 6.43 Å². The Hall–Kier alpha value is -1.40. The minimum Gasteiger partial charge on any atom is -0.487 e. The van der Waals surface area contributed by atoms with Gasteiger partial charge in [0.15, 0.2) is 0 Å². The van der Waals surface area contributed by atoms with E-state index in [2.05, 4.69) is 5.32 Å². The van der Waals surface area contributed by atoms with Crippen molar-refractivity contribution in [1.29, 1.82) is 0 Å². The van der Waals surface area contributed by atoms with Crippen molar-refractivity contribution in [2.24, 2.45) is 11.7 Å². The first-order chi connectivity index (χ1) is 9.31. The Labute approximate surface area is 129 Å². The number of benzene rings is 1. The summed E-state index contributed by atoms with van der Waals surface area (Å²) in [5, 5.41) is 2.69. The van der Waals surface area contributed by atoms with E-state index >= 15 is 0 Å². The van der Waals surface area contributed by atoms with Gasteiger partial charge in [-0.1, -0.05) is 13.0 Å². The lowest BCUT2D eigenvalue weighted by Crippen LogP contribution is -2.34. The molecule has 0 fully saturated rings. The third-order valence-electron chi connectivity index (χ3n) is 3.02. The summed E-state index contributed by atoms with van der Waals surface area (Å²) in [6.45, 7) is 4.55. The van der Waals surface area contributed by atoms with E-state index in [0.29, 0.717) is 11.4 Å². The number of carbonyl (C=O) groups excluding carboxylic acids is 1. The molecule has 4 nitrogen and oxygen atoms in total. The minimum absolute atomic E-state index is 0. The largest absolute Gasteiger partial charge is 0.487 e. The number of aryl methyl sites for hydroxylation is 1. The molecule has 120 valence electrons. The number of hydrogen-bond acceptors (Lipinski definition) is 3. The van der Waals surface area contributed by atoms with Gasteiger partial charge in [-0.15, -0.1) is 12.4 Å². The van der Waals surface area contributed by atoms with Crippen LogP contribution in [0.4, 0.5) is 14.5 Å². The third-order valence-corrected chi connectivity index (χ3v) is 3.02. The number of hydrogen-bond donors (Lipinski definition) is 2. The molecule has 0 spiro atoms. The number of rotatable bonds is 6. The average Bonchev–Trinajstić information content (AvgIpc) is 2.38. The Morgan fingerprint density at radius 2 is 2.00 bits per heavy atom. The van der Waals surface area contributed by atoms with Crippen LogP contribution in [0.15, 0.2) is 18.2 Å². The summed E-state index contributed by atoms with van der Waals surface area (Å²) in [4.78, 5) is 11.9. The van der Waals surface area contributed by atoms with Crippen LogP contribution in [0.1, 0.15) is 19.4 Å². The zero-order valence-corrected chi connectivity index (χ0v) is 13.0. The second kappa shape index (κ2) is 8.79. The molecule has 0 aliphatic rings. The summed E-state index contributed by atoms with van der Waals surface area (Å²) in [7, 11) is 0. The lowest BCUT2D eigenvalue weighted by molar-refractivity contribution is -0.119. The van der Waals surface area contributed by atoms with Gasteiger partial charge in [0.2, 0.25) is 5.91 Å². The maximum atomic E-state index is 12.1. The summed E-state index contributed by atoms with van der Waals surface area (Å²) in [6.07, 6.45) is -2.54. The quantitative estimate of drug-likeness (QED) is 0.846. The van der Waals surface area contributed by atoms with Crippen LogP contribution in [0.2, 0.25) is 0 Å². The summed E-state index contributed by atoms with van der Waals surface area (Å²) in [5.74, 6) is -0.234. The van der Waals surface area contributed by atoms with Crippen molar-refractivity contribution in [3.63, 3.8) is 0 Å². The van der Waals surface area contributed by atoms with Crippen LogP contribution < -0.4 is 15.8 Å². The lowest BCUT2D eigenvalue weighted by atomic mass is 10.0. The number of amides is 1. The average molecular weight is 323 g/mol. The maximum absolute atomic E-state index is 12.1. The highest BCUT2D eigenvalue weighted by Gasteiger charge is 2.17. The molecule has 3 N–H and O–H groups in total. The van der Waals surface area contributed by atoms with Crippen LogP contribution in [0.25, 0.3) is 0 Å². The molecule has 0 aromatic heterocycles. The Balaban J connectivity index is 0.00000400. The fraction of sp³-hybridized carbons (Fsp3) is 0.500. The molecule has 2 atom stereocenters. The molecule has 0 heterocycles. The van der Waals surface area contributed by atoms with Crippen molar-refractivity contribution < 1.29 is 18.3 Å². The van der Waals surface area contributed by atoms with E-state index in [9.17, 15) is 13.6 Å². The molecule has 0 saturated heterocycles. The van der Waals surface area contributed by atoms with Gasteiger partial charge in [0, 0.05) is 17.8 Å². The number of ether oxygens (including phenoxy) is 1. The van der Waals surface area contributed by atoms with E-state index in [4.69, 9.17) is 10.5 Å². The Kier molecular flexibility index (Phi) is 8.21. The second-order valence-electron chi connectivity index (χ2n) is 4.82. The van der Waals surface area contributed by atoms with Gasteiger partial charge in [0.05, 0.1) is 5.92 Å². The smallest absolute Gasteiger partial charge is 0.272 e. The van der Waals surface area contributed by atoms with Gasteiger partial charge in [-0.2, -0.15) is 0 Å². The van der Waals surface area contributed by atoms with Crippen LogP contribution in [0.5, 0.6) is 5.75 Å². The van der Waals surface area contributed by atoms with Crippen LogP contribution in [-0.4, -0.2) is 25.0 Å². The molecular formula is C14H21ClF2N2O2. The molecule has 0 aliphatic carbocycles. The molecule has 1 aromatic carbocycles. The molecular weight excluding hydrogens is 302 g/mol. The summed E-state index contributed by atoms with van der Waals surface area (Å²) in [6, 6.07) is 4.65. The molecule has 0 aliphatic heterocycles. The van der Waals surface area contributed by atoms with Crippen molar-refractivity contribution >= 4 is 24.0 Å². The predicted molar refractivity (Wildman–Crippen MR) is 81.4 cm³/mol. The van der Waals surface area contributed by atoms with Crippen LogP contribution in [-0.2, 0) is 4.79 Å². The monoisotopic (exact) mass is 322 g/mol. The highest BCUT2D eigenvalue weighted by Crippen LogP contribution is 2.23. The third kappa shape index (κ3) is 6.27. The predicted octanol–water partition coefficient (Wildman–Crippen LogP) is 2.98. The number of alkyl halides is 2. The molecule has 21 heavy (non-hydrogen) atoms. The van der Waals surface area contributed by atoms with Crippen molar-refractivity contribution in [2.45, 2.75) is 33.2 Å². The van der Waals surface area contributed by atoms with Crippen molar-refractivity contribution in [3.05, 3.63) is 23.8 Å². The van der Waals surface area contributed by atoms with Gasteiger partial charge >= 0.3 is 0 Å². The number of nitrogens with one attached hydrogen (secondary N) is 1. The molecule has 0 saturated carbocycles. The molecule has 1 rings (SSSR count). The first-order valence-corrected chi connectivity index (χ1v) is 6.39. The van der Waals surface area contributed by atoms with E-state index in [1.807, 2.05) is 0 Å². The van der Waals surface area contributed by atoms with Gasteiger partial charge in [-0.3, -0.25) is 4.79 Å². The first-order valence-electron chi connectivity index (χ1n) is 6.39. The van der Waals surface area contributed by atoms with E-state index in [0.717, 1.165) is 5.56 Å². The van der Waals surface area contributed by atoms with Crippen molar-refractivity contribution in [1.82, 2.24) is 0 Å². The first kappa shape index (κ1) is 19.6. The molecule has 2 unspecified atom stereocenters. The van der Waals surface area contributed by atoms with Crippen molar-refractivity contribution in [2.75, 3.05) is 11.9 Å². The molecule has 1 amide bonds. The lowest BCUT2D eigenvalue weighted by Gasteiger charge is -2.16. The highest BCUT2D eigenvalue weighted by molar-refractivity contribution is 5.93. The Morgan fingerprint density at radius 1 is 1.38 bits per heavy atom. The van der Waals surface area contributed by atoms with E-state index in [1.54, 1.807) is 32.9 Å². The summed E-state index contributed by atoms with van der Waals surface area (Å²) < 4.78 is 29.3. The van der Waals surface area contributed by atoms with Crippen molar-refractivity contribution in [3.8, 4) is 5.75 Å². The van der Waals surface area contributed by atoms with E-state index < -0.39 is 13.0 Å². The summed E-state index contributed by atoms with van der Waals surface area (Å²) >= 11 is 0. The van der Waals surface area contributed by atoms with Gasteiger partial charge in [0.1, 0.15) is 12.4 Å². The van der Waals surface area contributed by atoms with Crippen LogP contribution in [0.3, 0.4) is 0 Å². The zero-order chi connectivity index (χ0) is 15.3. The summed E-state index contributed by atoms with van der Waals surface area (Å²) in [5.41, 5.74) is 6.88. The number of nitrogens with two attached hydrogens (primary N) is 1. The molecule has 1 aromatic rings. The highest BCUT2D eigenvalue weighted by atomic mass is 35.5. The standard InChI is InChI=1S/C14H20F2N2O2.ClH/c1-8-4-5-11(6-12(8)20-7-13(15)16)18-14(19)9(2)10(3)17;/h4-6,9-10,13H,7,17H2,1-3H3,(H,18,19);1H. The van der Waals surface area contributed by atoms with E-state index in [-0.39, 0.29) is 30.3 Å². The van der Waals surface area contributed by atoms with Crippen LogP contribution >= 0.6 is 12.4 Å². The fourth-order valence-corrected chi connectivity index (χ4v) is 1.48. The zero-order valence-electron chi connectivity index (χ0n) is 12.2. The molecule has 0 radical (unpaired) electrons. The minimum atomic E-state index is -2.54. The number of carbonyl (C=O) groups is 1. The number of anilines is 1. The Morgan fingerprint density at radius 3 is 2.52 bits per heavy atom. The topological polar surface area (TPSA) is 64.4 Å². The van der Waals surface area contributed by atoms with Crippen LogP contribution in [0, 0.1) is 12.8 Å². The normalized spacial score (nSPS) is 13.3. The molecule has 0 bridgehead atoms. The Bertz CT molecular complexity index is 470. The molecule has 7 heteroatoms. The fourth-order valence-electron chi connectivity index (χ4n) is 1.48. The number of halogens is 3. The van der Waals surface area contributed by atoms with Gasteiger partial charge in [-0.05, 0) is 25.5 Å².